The second-order valence-electron chi connectivity index (χ2n) is 11.8. The SMILES string of the molecule is CC(C)(C)[C@H](NC(=O)C(F)(F)F)C(=O)N1C[C@H]2[C@@H]([C@H]1C(=O)NC(C#N)c1cc(=O)n3cc(F)ccc3n1)C2(C)C. The molecule has 1 unspecified atom stereocenters. The largest absolute Gasteiger partial charge is 0.471 e. The van der Waals surface area contributed by atoms with Gasteiger partial charge in [-0.15, -0.1) is 0 Å². The van der Waals surface area contributed by atoms with Crippen molar-refractivity contribution in [3.63, 3.8) is 0 Å². The molecule has 3 heterocycles. The number of aromatic nitrogens is 2. The Labute approximate surface area is 226 Å². The number of nitrogens with zero attached hydrogens (tertiary/aromatic N) is 4. The van der Waals surface area contributed by atoms with Crippen LogP contribution < -0.4 is 16.2 Å². The summed E-state index contributed by atoms with van der Waals surface area (Å²) in [5, 5.41) is 14.1. The lowest BCUT2D eigenvalue weighted by molar-refractivity contribution is -0.176. The van der Waals surface area contributed by atoms with Gasteiger partial charge < -0.3 is 15.5 Å². The lowest BCUT2D eigenvalue weighted by Gasteiger charge is -2.37. The van der Waals surface area contributed by atoms with Crippen molar-refractivity contribution in [2.75, 3.05) is 6.54 Å². The van der Waals surface area contributed by atoms with E-state index in [1.807, 2.05) is 19.9 Å². The summed E-state index contributed by atoms with van der Waals surface area (Å²) in [5.41, 5.74) is -2.26. The number of halogens is 4. The fourth-order valence-electron chi connectivity index (χ4n) is 5.48. The van der Waals surface area contributed by atoms with Gasteiger partial charge in [-0.1, -0.05) is 34.6 Å². The van der Waals surface area contributed by atoms with E-state index in [-0.39, 0.29) is 35.1 Å². The molecule has 214 valence electrons. The van der Waals surface area contributed by atoms with Gasteiger partial charge in [-0.2, -0.15) is 18.4 Å². The number of hydrogen-bond donors (Lipinski definition) is 2. The van der Waals surface area contributed by atoms with Gasteiger partial charge in [0.05, 0.1) is 11.8 Å². The number of piperidine rings is 1. The first-order valence-electron chi connectivity index (χ1n) is 12.4. The van der Waals surface area contributed by atoms with Crippen LogP contribution in [0.2, 0.25) is 0 Å². The number of amides is 3. The van der Waals surface area contributed by atoms with Crippen LogP contribution in [0, 0.1) is 39.8 Å². The highest BCUT2D eigenvalue weighted by atomic mass is 19.4. The second kappa shape index (κ2) is 9.57. The summed E-state index contributed by atoms with van der Waals surface area (Å²) in [6, 6.07) is 0.981. The Morgan fingerprint density at radius 2 is 1.82 bits per heavy atom. The van der Waals surface area contributed by atoms with Crippen LogP contribution in [-0.2, 0) is 14.4 Å². The number of hydrogen-bond acceptors (Lipinski definition) is 6. The van der Waals surface area contributed by atoms with Crippen LogP contribution in [0.3, 0.4) is 0 Å². The molecule has 3 amide bonds. The van der Waals surface area contributed by atoms with Crippen LogP contribution in [0.4, 0.5) is 17.6 Å². The second-order valence-corrected chi connectivity index (χ2v) is 11.8. The van der Waals surface area contributed by atoms with E-state index >= 15 is 0 Å². The normalized spacial score (nSPS) is 23.1. The lowest BCUT2D eigenvalue weighted by atomic mass is 9.85. The number of nitrogens with one attached hydrogen (secondary N) is 2. The highest BCUT2D eigenvalue weighted by Crippen LogP contribution is 2.65. The molecule has 5 atom stereocenters. The van der Waals surface area contributed by atoms with E-state index in [4.69, 9.17) is 0 Å². The number of nitriles is 1. The Bertz CT molecular complexity index is 1490. The zero-order valence-electron chi connectivity index (χ0n) is 22.3. The molecule has 2 aliphatic rings. The molecule has 14 heteroatoms. The van der Waals surface area contributed by atoms with Crippen LogP contribution >= 0.6 is 0 Å². The average Bonchev–Trinajstić information content (AvgIpc) is 3.17. The molecular formula is C26H28F4N6O4. The van der Waals surface area contributed by atoms with Crippen molar-refractivity contribution in [3.05, 3.63) is 46.3 Å². The van der Waals surface area contributed by atoms with Crippen molar-refractivity contribution in [1.29, 1.82) is 5.26 Å². The van der Waals surface area contributed by atoms with Crippen molar-refractivity contribution in [2.24, 2.45) is 22.7 Å². The van der Waals surface area contributed by atoms with Gasteiger partial charge >= 0.3 is 12.1 Å². The van der Waals surface area contributed by atoms with Crippen LogP contribution in [0.1, 0.15) is 46.4 Å². The van der Waals surface area contributed by atoms with Crippen LogP contribution in [0.5, 0.6) is 0 Å². The molecule has 1 aliphatic carbocycles. The molecular weight excluding hydrogens is 536 g/mol. The van der Waals surface area contributed by atoms with E-state index in [0.717, 1.165) is 27.6 Å². The number of rotatable bonds is 5. The van der Waals surface area contributed by atoms with E-state index in [9.17, 15) is 42.0 Å². The zero-order valence-corrected chi connectivity index (χ0v) is 22.3. The van der Waals surface area contributed by atoms with Crippen LogP contribution in [0.25, 0.3) is 5.65 Å². The van der Waals surface area contributed by atoms with Gasteiger partial charge in [-0.05, 0) is 34.8 Å². The average molecular weight is 565 g/mol. The smallest absolute Gasteiger partial charge is 0.336 e. The van der Waals surface area contributed by atoms with E-state index in [1.165, 1.54) is 26.8 Å². The molecule has 2 aromatic heterocycles. The molecule has 0 bridgehead atoms. The summed E-state index contributed by atoms with van der Waals surface area (Å²) in [4.78, 5) is 56.8. The molecule has 0 spiro atoms. The number of alkyl halides is 3. The Morgan fingerprint density at radius 3 is 2.40 bits per heavy atom. The van der Waals surface area contributed by atoms with Gasteiger partial charge in [0.25, 0.3) is 5.56 Å². The number of carbonyl (C=O) groups excluding carboxylic acids is 3. The molecule has 40 heavy (non-hydrogen) atoms. The van der Waals surface area contributed by atoms with E-state index in [0.29, 0.717) is 0 Å². The predicted molar refractivity (Wildman–Crippen MR) is 132 cm³/mol. The van der Waals surface area contributed by atoms with E-state index < -0.39 is 58.8 Å². The Hall–Kier alpha value is -4.02. The Morgan fingerprint density at radius 1 is 1.18 bits per heavy atom. The van der Waals surface area contributed by atoms with Gasteiger partial charge in [0.1, 0.15) is 23.5 Å². The number of pyridine rings is 1. The van der Waals surface area contributed by atoms with Gasteiger partial charge in [0, 0.05) is 18.8 Å². The number of fused-ring (bicyclic) bond motifs is 2. The fourth-order valence-corrected chi connectivity index (χ4v) is 5.48. The third-order valence-corrected chi connectivity index (χ3v) is 7.76. The van der Waals surface area contributed by atoms with Crippen molar-refractivity contribution < 1.29 is 31.9 Å². The first kappa shape index (κ1) is 29.0. The maximum absolute atomic E-state index is 13.6. The highest BCUT2D eigenvalue weighted by Gasteiger charge is 2.70. The molecule has 0 aromatic carbocycles. The van der Waals surface area contributed by atoms with Crippen molar-refractivity contribution >= 4 is 23.4 Å². The summed E-state index contributed by atoms with van der Waals surface area (Å²) >= 11 is 0. The van der Waals surface area contributed by atoms with Crippen molar-refractivity contribution in [1.82, 2.24) is 24.9 Å². The molecule has 2 aromatic rings. The third kappa shape index (κ3) is 5.12. The molecule has 2 N–H and O–H groups in total. The molecule has 10 nitrogen and oxygen atoms in total. The summed E-state index contributed by atoms with van der Waals surface area (Å²) in [6.07, 6.45) is -4.29. The molecule has 1 saturated heterocycles. The maximum Gasteiger partial charge on any atom is 0.471 e. The molecule has 4 rings (SSSR count). The number of carbonyl (C=O) groups is 3. The first-order chi connectivity index (χ1) is 18.4. The summed E-state index contributed by atoms with van der Waals surface area (Å²) in [7, 11) is 0. The first-order valence-corrected chi connectivity index (χ1v) is 12.4. The van der Waals surface area contributed by atoms with Crippen LogP contribution in [0.15, 0.2) is 29.2 Å². The lowest BCUT2D eigenvalue weighted by Crippen LogP contribution is -2.60. The zero-order chi connectivity index (χ0) is 29.9. The monoisotopic (exact) mass is 564 g/mol. The highest BCUT2D eigenvalue weighted by molar-refractivity contribution is 5.95. The summed E-state index contributed by atoms with van der Waals surface area (Å²) in [5.74, 6) is -5.05. The van der Waals surface area contributed by atoms with Gasteiger partial charge in [-0.25, -0.2) is 9.37 Å². The minimum Gasteiger partial charge on any atom is -0.336 e. The fraction of sp³-hybridized carbons (Fsp3) is 0.538. The molecule has 1 saturated carbocycles. The minimum atomic E-state index is -5.22. The molecule has 1 aliphatic heterocycles. The van der Waals surface area contributed by atoms with Crippen molar-refractivity contribution in [2.45, 2.75) is 58.9 Å². The quantitative estimate of drug-likeness (QED) is 0.534. The summed E-state index contributed by atoms with van der Waals surface area (Å²) in [6.45, 7) is 8.33. The standard InChI is InChI=1S/C26H28F4N6O4/c1-24(2,3)20(34-23(40)26(28,29)30)22(39)36-11-13-18(25(13,4)5)19(36)21(38)33-15(9-31)14-8-17(37)35-10-12(27)6-7-16(35)32-14/h6-8,10,13,15,18-20H,11H2,1-5H3,(H,33,38)(H,34,40)/t13-,15?,18-,19-,20+/m0/s1. The van der Waals surface area contributed by atoms with E-state index in [2.05, 4.69) is 10.3 Å². The van der Waals surface area contributed by atoms with Crippen LogP contribution in [-0.4, -0.2) is 56.8 Å². The summed E-state index contributed by atoms with van der Waals surface area (Å²) < 4.78 is 53.5. The topological polar surface area (TPSA) is 137 Å². The van der Waals surface area contributed by atoms with Gasteiger partial charge in [0.15, 0.2) is 6.04 Å². The van der Waals surface area contributed by atoms with Gasteiger partial charge in [0.2, 0.25) is 11.8 Å². The predicted octanol–water partition coefficient (Wildman–Crippen LogP) is 2.09. The molecule has 0 radical (unpaired) electrons. The maximum atomic E-state index is 13.6. The van der Waals surface area contributed by atoms with E-state index in [1.54, 1.807) is 5.32 Å². The number of likely N-dealkylation sites (tertiary alicyclic amines) is 1. The third-order valence-electron chi connectivity index (χ3n) is 7.76. The van der Waals surface area contributed by atoms with Crippen molar-refractivity contribution in [3.8, 4) is 6.07 Å². The van der Waals surface area contributed by atoms with Gasteiger partial charge in [-0.3, -0.25) is 23.6 Å². The minimum absolute atomic E-state index is 0.0351. The Kier molecular flexibility index (Phi) is 6.93. The Balaban J connectivity index is 1.63. The molecule has 2 fully saturated rings.